The molecule has 0 aliphatic heterocycles. The summed E-state index contributed by atoms with van der Waals surface area (Å²) in [6.07, 6.45) is 1.78. The summed E-state index contributed by atoms with van der Waals surface area (Å²) in [5.74, 6) is 2.43. The van der Waals surface area contributed by atoms with Gasteiger partial charge < -0.3 is 15.1 Å². The third-order valence-corrected chi connectivity index (χ3v) is 3.39. The smallest absolute Gasteiger partial charge is 0.191 e. The van der Waals surface area contributed by atoms with Gasteiger partial charge in [0, 0.05) is 23.6 Å². The van der Waals surface area contributed by atoms with Gasteiger partial charge in [0.15, 0.2) is 5.96 Å². The molecule has 2 rings (SSSR count). The molecule has 118 valence electrons. The van der Waals surface area contributed by atoms with Crippen molar-refractivity contribution in [1.29, 1.82) is 0 Å². The van der Waals surface area contributed by atoms with Gasteiger partial charge in [0.05, 0.1) is 6.54 Å². The molecule has 0 aliphatic carbocycles. The van der Waals surface area contributed by atoms with Gasteiger partial charge in [-0.1, -0.05) is 34.1 Å². The van der Waals surface area contributed by atoms with Gasteiger partial charge in [0.25, 0.3) is 0 Å². The van der Waals surface area contributed by atoms with Crippen molar-refractivity contribution in [2.45, 2.75) is 6.54 Å². The van der Waals surface area contributed by atoms with E-state index in [4.69, 9.17) is 4.42 Å². The van der Waals surface area contributed by atoms with Crippen LogP contribution < -0.4 is 10.6 Å². The van der Waals surface area contributed by atoms with Crippen molar-refractivity contribution in [2.24, 2.45) is 4.99 Å². The highest BCUT2D eigenvalue weighted by molar-refractivity contribution is 14.0. The number of halogens is 2. The molecule has 0 saturated carbocycles. The number of hydrogen-bond donors (Lipinski definition) is 2. The molecule has 0 spiro atoms. The molecule has 0 radical (unpaired) electrons. The van der Waals surface area contributed by atoms with E-state index in [1.165, 1.54) is 0 Å². The number of hydrogen-bond acceptors (Lipinski definition) is 2. The van der Waals surface area contributed by atoms with Crippen molar-refractivity contribution in [3.05, 3.63) is 59.3 Å². The monoisotopic (exact) mass is 475 g/mol. The van der Waals surface area contributed by atoms with Gasteiger partial charge in [0.2, 0.25) is 0 Å². The molecular formula is C16H19BrIN3O. The minimum Gasteiger partial charge on any atom is -0.459 e. The molecule has 22 heavy (non-hydrogen) atoms. The van der Waals surface area contributed by atoms with Gasteiger partial charge in [0.1, 0.15) is 11.5 Å². The Hall–Kier alpha value is -1.28. The molecule has 6 heteroatoms. The van der Waals surface area contributed by atoms with Gasteiger partial charge in [-0.25, -0.2) is 0 Å². The van der Waals surface area contributed by atoms with Gasteiger partial charge in [-0.2, -0.15) is 0 Å². The van der Waals surface area contributed by atoms with E-state index in [0.717, 1.165) is 27.5 Å². The van der Waals surface area contributed by atoms with E-state index in [1.54, 1.807) is 13.1 Å². The zero-order chi connectivity index (χ0) is 15.1. The van der Waals surface area contributed by atoms with Crippen LogP contribution in [0.1, 0.15) is 5.76 Å². The highest BCUT2D eigenvalue weighted by atomic mass is 127. The van der Waals surface area contributed by atoms with E-state index in [2.05, 4.69) is 38.1 Å². The minimum atomic E-state index is 0. The Bertz CT molecular complexity index is 623. The molecule has 0 saturated heterocycles. The lowest BCUT2D eigenvalue weighted by atomic mass is 10.2. The Morgan fingerprint density at radius 3 is 2.59 bits per heavy atom. The van der Waals surface area contributed by atoms with E-state index in [0.29, 0.717) is 13.1 Å². The maximum absolute atomic E-state index is 5.83. The number of benzene rings is 1. The molecule has 0 aliphatic rings. The summed E-state index contributed by atoms with van der Waals surface area (Å²) in [5, 5.41) is 6.29. The van der Waals surface area contributed by atoms with Crippen molar-refractivity contribution in [2.75, 3.05) is 13.6 Å². The molecule has 1 aromatic carbocycles. The van der Waals surface area contributed by atoms with Crippen LogP contribution >= 0.6 is 39.9 Å². The van der Waals surface area contributed by atoms with Crippen molar-refractivity contribution in [1.82, 2.24) is 10.6 Å². The Morgan fingerprint density at radius 2 is 1.95 bits per heavy atom. The molecule has 0 amide bonds. The molecule has 4 nitrogen and oxygen atoms in total. The van der Waals surface area contributed by atoms with Crippen LogP contribution in [0.15, 0.2) is 62.9 Å². The van der Waals surface area contributed by atoms with Crippen molar-refractivity contribution < 1.29 is 4.42 Å². The van der Waals surface area contributed by atoms with Crippen LogP contribution in [0.4, 0.5) is 0 Å². The van der Waals surface area contributed by atoms with Crippen LogP contribution in [0.3, 0.4) is 0 Å². The third kappa shape index (κ3) is 5.49. The Balaban J connectivity index is 0.00000242. The molecule has 2 N–H and O–H groups in total. The second-order valence-electron chi connectivity index (χ2n) is 4.37. The van der Waals surface area contributed by atoms with Gasteiger partial charge in [-0.15, -0.1) is 30.6 Å². The predicted octanol–water partition coefficient (Wildman–Crippen LogP) is 4.18. The summed E-state index contributed by atoms with van der Waals surface area (Å²) in [6.45, 7) is 4.91. The van der Waals surface area contributed by atoms with Crippen molar-refractivity contribution >= 4 is 45.9 Å². The van der Waals surface area contributed by atoms with Crippen LogP contribution in [0.2, 0.25) is 0 Å². The quantitative estimate of drug-likeness (QED) is 0.295. The average Bonchev–Trinajstić information content (AvgIpc) is 2.97. The Labute approximate surface area is 156 Å². The van der Waals surface area contributed by atoms with Crippen LogP contribution in [0.25, 0.3) is 11.3 Å². The van der Waals surface area contributed by atoms with Crippen LogP contribution in [0.5, 0.6) is 0 Å². The standard InChI is InChI=1S/C16H18BrN3O.HI/c1-3-10-19-16(18-2)20-11-14-8-9-15(21-14)12-4-6-13(17)7-5-12;/h3-9H,1,10-11H2,2H3,(H2,18,19,20);1H. The van der Waals surface area contributed by atoms with E-state index >= 15 is 0 Å². The SMILES string of the molecule is C=CCNC(=NC)NCc1ccc(-c2ccc(Br)cc2)o1.I. The zero-order valence-electron chi connectivity index (χ0n) is 12.3. The fourth-order valence-corrected chi connectivity index (χ4v) is 2.07. The second-order valence-corrected chi connectivity index (χ2v) is 5.28. The predicted molar refractivity (Wildman–Crippen MR) is 106 cm³/mol. The van der Waals surface area contributed by atoms with Crippen LogP contribution in [0, 0.1) is 0 Å². The first-order valence-corrected chi connectivity index (χ1v) is 7.42. The molecule has 0 unspecified atom stereocenters. The largest absolute Gasteiger partial charge is 0.459 e. The van der Waals surface area contributed by atoms with Gasteiger partial charge >= 0.3 is 0 Å². The van der Waals surface area contributed by atoms with E-state index in [-0.39, 0.29) is 24.0 Å². The number of guanidine groups is 1. The maximum Gasteiger partial charge on any atom is 0.191 e. The lowest BCUT2D eigenvalue weighted by Gasteiger charge is -2.08. The third-order valence-electron chi connectivity index (χ3n) is 2.86. The van der Waals surface area contributed by atoms with Crippen LogP contribution in [-0.2, 0) is 6.54 Å². The van der Waals surface area contributed by atoms with Crippen LogP contribution in [-0.4, -0.2) is 19.6 Å². The summed E-state index contributed by atoms with van der Waals surface area (Å²) in [6, 6.07) is 12.0. The maximum atomic E-state index is 5.83. The van der Waals surface area contributed by atoms with E-state index in [9.17, 15) is 0 Å². The van der Waals surface area contributed by atoms with Gasteiger partial charge in [-0.3, -0.25) is 4.99 Å². The number of aliphatic imine (C=N–C) groups is 1. The average molecular weight is 476 g/mol. The summed E-state index contributed by atoms with van der Waals surface area (Å²) >= 11 is 3.42. The van der Waals surface area contributed by atoms with Gasteiger partial charge in [-0.05, 0) is 24.3 Å². The Kier molecular flexibility index (Phi) is 8.26. The normalized spacial score (nSPS) is 10.7. The van der Waals surface area contributed by atoms with Crippen molar-refractivity contribution in [3.8, 4) is 11.3 Å². The van der Waals surface area contributed by atoms with Crippen molar-refractivity contribution in [3.63, 3.8) is 0 Å². The summed E-state index contributed by atoms with van der Waals surface area (Å²) in [5.41, 5.74) is 1.05. The molecule has 2 aromatic rings. The molecular weight excluding hydrogens is 457 g/mol. The first-order valence-electron chi connectivity index (χ1n) is 6.63. The lowest BCUT2D eigenvalue weighted by Crippen LogP contribution is -2.36. The zero-order valence-corrected chi connectivity index (χ0v) is 16.2. The molecule has 1 heterocycles. The fraction of sp³-hybridized carbons (Fsp3) is 0.188. The topological polar surface area (TPSA) is 49.6 Å². The second kappa shape index (κ2) is 9.68. The Morgan fingerprint density at radius 1 is 1.23 bits per heavy atom. The minimum absolute atomic E-state index is 0. The molecule has 1 aromatic heterocycles. The number of furan rings is 1. The highest BCUT2D eigenvalue weighted by Gasteiger charge is 2.05. The first kappa shape index (κ1) is 18.8. The summed E-state index contributed by atoms with van der Waals surface area (Å²) in [4.78, 5) is 4.12. The summed E-state index contributed by atoms with van der Waals surface area (Å²) < 4.78 is 6.88. The molecule has 0 fully saturated rings. The first-order chi connectivity index (χ1) is 10.2. The van der Waals surface area contributed by atoms with E-state index < -0.39 is 0 Å². The fourth-order valence-electron chi connectivity index (χ4n) is 1.80. The molecule has 0 bridgehead atoms. The number of nitrogens with zero attached hydrogens (tertiary/aromatic N) is 1. The number of rotatable bonds is 5. The number of nitrogens with one attached hydrogen (secondary N) is 2. The highest BCUT2D eigenvalue weighted by Crippen LogP contribution is 2.23. The van der Waals surface area contributed by atoms with E-state index in [1.807, 2.05) is 36.4 Å². The molecule has 0 atom stereocenters. The summed E-state index contributed by atoms with van der Waals surface area (Å²) in [7, 11) is 1.73. The lowest BCUT2D eigenvalue weighted by molar-refractivity contribution is 0.514.